The molecule has 22 heavy (non-hydrogen) atoms. The van der Waals surface area contributed by atoms with Crippen LogP contribution in [0.15, 0.2) is 30.7 Å². The maximum Gasteiger partial charge on any atom is 0.271 e. The van der Waals surface area contributed by atoms with Crippen molar-refractivity contribution in [3.05, 3.63) is 58.6 Å². The van der Waals surface area contributed by atoms with E-state index in [2.05, 4.69) is 15.3 Å². The van der Waals surface area contributed by atoms with Crippen molar-refractivity contribution in [3.8, 4) is 0 Å². The number of amides is 1. The van der Waals surface area contributed by atoms with Crippen molar-refractivity contribution in [1.29, 1.82) is 0 Å². The highest BCUT2D eigenvalue weighted by Crippen LogP contribution is 2.23. The van der Waals surface area contributed by atoms with Crippen LogP contribution in [0.3, 0.4) is 0 Å². The normalized spacial score (nSPS) is 13.5. The molecule has 0 aliphatic carbocycles. The van der Waals surface area contributed by atoms with Gasteiger partial charge in [-0.2, -0.15) is 0 Å². The SMILES string of the molecule is CC(O)(CNC(=O)c1ncncc1Cl)c1ccc(F)cc1F. The minimum absolute atomic E-state index is 0.0487. The van der Waals surface area contributed by atoms with Gasteiger partial charge in [0.05, 0.1) is 11.6 Å². The first-order valence-electron chi connectivity index (χ1n) is 6.23. The average molecular weight is 328 g/mol. The molecule has 1 amide bonds. The summed E-state index contributed by atoms with van der Waals surface area (Å²) in [5, 5.41) is 12.7. The van der Waals surface area contributed by atoms with Gasteiger partial charge in [0.2, 0.25) is 0 Å². The zero-order valence-electron chi connectivity index (χ0n) is 11.5. The lowest BCUT2D eigenvalue weighted by Crippen LogP contribution is -2.39. The molecule has 1 atom stereocenters. The van der Waals surface area contributed by atoms with E-state index in [-0.39, 0.29) is 22.8 Å². The van der Waals surface area contributed by atoms with Gasteiger partial charge in [-0.05, 0) is 13.0 Å². The molecule has 0 aliphatic rings. The third-order valence-corrected chi connectivity index (χ3v) is 3.26. The molecule has 1 heterocycles. The van der Waals surface area contributed by atoms with E-state index < -0.39 is 23.1 Å². The maximum atomic E-state index is 13.7. The lowest BCUT2D eigenvalue weighted by atomic mass is 9.95. The molecule has 116 valence electrons. The Morgan fingerprint density at radius 2 is 2.18 bits per heavy atom. The Kier molecular flexibility index (Phi) is 4.68. The largest absolute Gasteiger partial charge is 0.383 e. The van der Waals surface area contributed by atoms with Crippen LogP contribution in [-0.4, -0.2) is 27.5 Å². The van der Waals surface area contributed by atoms with Crippen molar-refractivity contribution in [3.63, 3.8) is 0 Å². The number of aliphatic hydroxyl groups is 1. The smallest absolute Gasteiger partial charge is 0.271 e. The Morgan fingerprint density at radius 3 is 2.82 bits per heavy atom. The van der Waals surface area contributed by atoms with Crippen LogP contribution in [0.5, 0.6) is 0 Å². The van der Waals surface area contributed by atoms with Gasteiger partial charge >= 0.3 is 0 Å². The summed E-state index contributed by atoms with van der Waals surface area (Å²) in [6.45, 7) is 0.986. The second kappa shape index (κ2) is 6.33. The molecule has 1 aromatic heterocycles. The molecular weight excluding hydrogens is 316 g/mol. The maximum absolute atomic E-state index is 13.7. The van der Waals surface area contributed by atoms with E-state index in [1.54, 1.807) is 0 Å². The van der Waals surface area contributed by atoms with Crippen molar-refractivity contribution >= 4 is 17.5 Å². The highest BCUT2D eigenvalue weighted by Gasteiger charge is 2.28. The fourth-order valence-electron chi connectivity index (χ4n) is 1.84. The van der Waals surface area contributed by atoms with Gasteiger partial charge in [-0.15, -0.1) is 0 Å². The highest BCUT2D eigenvalue weighted by molar-refractivity contribution is 6.33. The number of halogens is 3. The second-order valence-corrected chi connectivity index (χ2v) is 5.21. The fraction of sp³-hybridized carbons (Fsp3) is 0.214. The second-order valence-electron chi connectivity index (χ2n) is 4.80. The third kappa shape index (κ3) is 3.55. The number of hydrogen-bond acceptors (Lipinski definition) is 4. The molecule has 0 fully saturated rings. The summed E-state index contributed by atoms with van der Waals surface area (Å²) >= 11 is 5.78. The molecule has 2 N–H and O–H groups in total. The summed E-state index contributed by atoms with van der Waals surface area (Å²) in [5.41, 5.74) is -1.93. The molecule has 1 aromatic carbocycles. The quantitative estimate of drug-likeness (QED) is 0.901. The van der Waals surface area contributed by atoms with Gasteiger partial charge in [0.1, 0.15) is 29.3 Å². The van der Waals surface area contributed by atoms with Crippen LogP contribution < -0.4 is 5.32 Å². The van der Waals surface area contributed by atoms with Crippen molar-refractivity contribution in [1.82, 2.24) is 15.3 Å². The fourth-order valence-corrected chi connectivity index (χ4v) is 2.03. The lowest BCUT2D eigenvalue weighted by molar-refractivity contribution is 0.0493. The van der Waals surface area contributed by atoms with Gasteiger partial charge in [0, 0.05) is 17.8 Å². The molecule has 5 nitrogen and oxygen atoms in total. The first kappa shape index (κ1) is 16.3. The number of nitrogens with zero attached hydrogens (tertiary/aromatic N) is 2. The van der Waals surface area contributed by atoms with E-state index in [0.717, 1.165) is 18.5 Å². The van der Waals surface area contributed by atoms with E-state index in [1.807, 2.05) is 0 Å². The summed E-state index contributed by atoms with van der Waals surface area (Å²) in [5.74, 6) is -2.30. The molecule has 2 rings (SSSR count). The van der Waals surface area contributed by atoms with E-state index in [0.29, 0.717) is 6.07 Å². The number of hydrogen-bond donors (Lipinski definition) is 2. The summed E-state index contributed by atoms with van der Waals surface area (Å²) < 4.78 is 26.6. The van der Waals surface area contributed by atoms with Crippen molar-refractivity contribution in [2.24, 2.45) is 0 Å². The molecular formula is C14H12ClF2N3O2. The van der Waals surface area contributed by atoms with Crippen molar-refractivity contribution in [2.75, 3.05) is 6.54 Å². The van der Waals surface area contributed by atoms with Gasteiger partial charge in [0.15, 0.2) is 0 Å². The number of rotatable bonds is 4. The Bertz CT molecular complexity index is 710. The van der Waals surface area contributed by atoms with E-state index >= 15 is 0 Å². The van der Waals surface area contributed by atoms with Crippen LogP contribution in [0.4, 0.5) is 8.78 Å². The van der Waals surface area contributed by atoms with Gasteiger partial charge in [-0.25, -0.2) is 18.7 Å². The highest BCUT2D eigenvalue weighted by atomic mass is 35.5. The molecule has 0 saturated heterocycles. The zero-order valence-corrected chi connectivity index (χ0v) is 12.2. The van der Waals surface area contributed by atoms with Crippen LogP contribution in [-0.2, 0) is 5.60 Å². The summed E-state index contributed by atoms with van der Waals surface area (Å²) in [6, 6.07) is 2.80. The Hall–Kier alpha value is -2.12. The molecule has 0 aliphatic heterocycles. The monoisotopic (exact) mass is 327 g/mol. The van der Waals surface area contributed by atoms with Crippen LogP contribution in [0.25, 0.3) is 0 Å². The van der Waals surface area contributed by atoms with Crippen molar-refractivity contribution < 1.29 is 18.7 Å². The van der Waals surface area contributed by atoms with Gasteiger partial charge in [0.25, 0.3) is 5.91 Å². The molecule has 0 saturated carbocycles. The number of aromatic nitrogens is 2. The summed E-state index contributed by atoms with van der Waals surface area (Å²) in [6.07, 6.45) is 2.40. The van der Waals surface area contributed by atoms with E-state index in [1.165, 1.54) is 13.1 Å². The molecule has 0 bridgehead atoms. The van der Waals surface area contributed by atoms with Crippen LogP contribution in [0.2, 0.25) is 5.02 Å². The number of nitrogens with one attached hydrogen (secondary N) is 1. The number of benzene rings is 1. The number of carbonyl (C=O) groups is 1. The topological polar surface area (TPSA) is 75.1 Å². The minimum atomic E-state index is -1.73. The molecule has 0 spiro atoms. The molecule has 8 heteroatoms. The predicted molar refractivity (Wildman–Crippen MR) is 75.3 cm³/mol. The Morgan fingerprint density at radius 1 is 1.45 bits per heavy atom. The van der Waals surface area contributed by atoms with Gasteiger partial charge < -0.3 is 10.4 Å². The van der Waals surface area contributed by atoms with E-state index in [4.69, 9.17) is 11.6 Å². The predicted octanol–water partition coefficient (Wildman–Crippen LogP) is 2.05. The molecule has 0 radical (unpaired) electrons. The zero-order chi connectivity index (χ0) is 16.3. The summed E-state index contributed by atoms with van der Waals surface area (Å²) in [7, 11) is 0. The molecule has 1 unspecified atom stereocenters. The van der Waals surface area contributed by atoms with Crippen LogP contribution in [0, 0.1) is 11.6 Å². The third-order valence-electron chi connectivity index (χ3n) is 2.99. The van der Waals surface area contributed by atoms with Crippen LogP contribution in [0.1, 0.15) is 23.0 Å². The van der Waals surface area contributed by atoms with Gasteiger partial charge in [-0.3, -0.25) is 4.79 Å². The standard InChI is InChI=1S/C14H12ClF2N3O2/c1-14(22,9-3-2-8(16)4-11(9)17)6-19-13(21)12-10(15)5-18-7-20-12/h2-5,7,22H,6H2,1H3,(H,19,21). The first-order chi connectivity index (χ1) is 10.3. The Labute approximate surface area is 130 Å². The molecule has 2 aromatic rings. The van der Waals surface area contributed by atoms with Crippen molar-refractivity contribution in [2.45, 2.75) is 12.5 Å². The van der Waals surface area contributed by atoms with Crippen LogP contribution >= 0.6 is 11.6 Å². The first-order valence-corrected chi connectivity index (χ1v) is 6.60. The Balaban J connectivity index is 2.13. The minimum Gasteiger partial charge on any atom is -0.383 e. The van der Waals surface area contributed by atoms with Gasteiger partial charge in [-0.1, -0.05) is 17.7 Å². The van der Waals surface area contributed by atoms with E-state index in [9.17, 15) is 18.7 Å². The number of carbonyl (C=O) groups excluding carboxylic acids is 1. The average Bonchev–Trinajstić information content (AvgIpc) is 2.45. The lowest BCUT2D eigenvalue weighted by Gasteiger charge is -2.24. The summed E-state index contributed by atoms with van der Waals surface area (Å²) in [4.78, 5) is 19.3.